The van der Waals surface area contributed by atoms with Crippen LogP contribution in [0.2, 0.25) is 0 Å². The third kappa shape index (κ3) is 4.01. The Morgan fingerprint density at radius 1 is 1.17 bits per heavy atom. The molecule has 0 aliphatic carbocycles. The maximum Gasteiger partial charge on any atom is 0.330 e. The lowest BCUT2D eigenvalue weighted by atomic mass is 10.3. The normalized spacial score (nSPS) is 10.9. The Bertz CT molecular complexity index is 864. The number of carbonyl (C=O) groups excluding carboxylic acids is 1. The number of thioether (sulfide) groups is 1. The lowest BCUT2D eigenvalue weighted by molar-refractivity contribution is -0.111. The number of anilines is 1. The molecule has 0 spiro atoms. The van der Waals surface area contributed by atoms with Gasteiger partial charge in [0.2, 0.25) is 5.91 Å². The Morgan fingerprint density at radius 2 is 1.83 bits per heavy atom. The van der Waals surface area contributed by atoms with Gasteiger partial charge < -0.3 is 9.88 Å². The van der Waals surface area contributed by atoms with Gasteiger partial charge in [0.05, 0.1) is 5.56 Å². The Kier molecular flexibility index (Phi) is 5.23. The molecule has 1 aromatic carbocycles. The van der Waals surface area contributed by atoms with E-state index < -0.39 is 11.2 Å². The van der Waals surface area contributed by atoms with E-state index in [9.17, 15) is 14.4 Å². The fraction of sp³-hybridized carbons (Fsp3) is 0.188. The molecule has 1 heterocycles. The number of amides is 1. The summed E-state index contributed by atoms with van der Waals surface area (Å²) in [7, 11) is 2.95. The molecule has 6 nitrogen and oxygen atoms in total. The highest BCUT2D eigenvalue weighted by atomic mass is 32.2. The van der Waals surface area contributed by atoms with Gasteiger partial charge in [-0.05, 0) is 36.6 Å². The molecule has 23 heavy (non-hydrogen) atoms. The van der Waals surface area contributed by atoms with Gasteiger partial charge in [-0.1, -0.05) is 0 Å². The van der Waals surface area contributed by atoms with Gasteiger partial charge in [0, 0.05) is 37.0 Å². The molecular weight excluding hydrogens is 314 g/mol. The van der Waals surface area contributed by atoms with E-state index in [2.05, 4.69) is 5.32 Å². The first-order valence-corrected chi connectivity index (χ1v) is 8.04. The van der Waals surface area contributed by atoms with Gasteiger partial charge in [-0.15, -0.1) is 11.8 Å². The lowest BCUT2D eigenvalue weighted by Crippen LogP contribution is -2.37. The average molecular weight is 331 g/mol. The first kappa shape index (κ1) is 16.8. The number of nitrogens with one attached hydrogen (secondary N) is 1. The molecule has 2 aromatic rings. The Hall–Kier alpha value is -2.54. The topological polar surface area (TPSA) is 73.1 Å². The number of aryl methyl sites for hydroxylation is 1. The fourth-order valence-corrected chi connectivity index (χ4v) is 2.38. The molecular formula is C16H17N3O3S. The molecule has 0 radical (unpaired) electrons. The number of hydrogen-bond donors (Lipinski definition) is 1. The molecule has 0 aliphatic rings. The van der Waals surface area contributed by atoms with Crippen molar-refractivity contribution in [3.8, 4) is 0 Å². The zero-order valence-corrected chi connectivity index (χ0v) is 13.9. The van der Waals surface area contributed by atoms with Crippen molar-refractivity contribution < 1.29 is 4.79 Å². The second kappa shape index (κ2) is 7.15. The van der Waals surface area contributed by atoms with Crippen molar-refractivity contribution in [2.75, 3.05) is 11.6 Å². The van der Waals surface area contributed by atoms with E-state index in [1.165, 1.54) is 30.0 Å². The van der Waals surface area contributed by atoms with E-state index in [1.54, 1.807) is 18.8 Å². The van der Waals surface area contributed by atoms with E-state index >= 15 is 0 Å². The first-order valence-electron chi connectivity index (χ1n) is 6.82. The van der Waals surface area contributed by atoms with Crippen molar-refractivity contribution in [2.45, 2.75) is 4.90 Å². The first-order chi connectivity index (χ1) is 10.9. The largest absolute Gasteiger partial charge is 0.330 e. The summed E-state index contributed by atoms with van der Waals surface area (Å²) in [6.45, 7) is 0. The van der Waals surface area contributed by atoms with E-state index in [4.69, 9.17) is 0 Å². The van der Waals surface area contributed by atoms with Gasteiger partial charge in [0.25, 0.3) is 5.56 Å². The smallest absolute Gasteiger partial charge is 0.323 e. The molecule has 120 valence electrons. The predicted molar refractivity (Wildman–Crippen MR) is 92.8 cm³/mol. The van der Waals surface area contributed by atoms with Crippen molar-refractivity contribution in [3.05, 3.63) is 62.9 Å². The molecule has 0 saturated carbocycles. The number of aromatic nitrogens is 2. The van der Waals surface area contributed by atoms with Gasteiger partial charge in [0.15, 0.2) is 0 Å². The number of nitrogens with zero attached hydrogens (tertiary/aromatic N) is 2. The Balaban J connectivity index is 2.15. The standard InChI is InChI=1S/C16H17N3O3S/c1-18-10-11(15(21)19(2)16(18)22)4-9-14(20)17-12-5-7-13(23-3)8-6-12/h4-10H,1-3H3,(H,17,20)/b9-4+. The summed E-state index contributed by atoms with van der Waals surface area (Å²) in [5.74, 6) is -0.349. The molecule has 0 atom stereocenters. The minimum atomic E-state index is -0.443. The van der Waals surface area contributed by atoms with Crippen molar-refractivity contribution in [1.82, 2.24) is 9.13 Å². The second-order valence-electron chi connectivity index (χ2n) is 4.89. The van der Waals surface area contributed by atoms with Crippen LogP contribution in [0.3, 0.4) is 0 Å². The van der Waals surface area contributed by atoms with E-state index in [0.717, 1.165) is 9.46 Å². The van der Waals surface area contributed by atoms with Crippen LogP contribution in [0.1, 0.15) is 5.56 Å². The predicted octanol–water partition coefficient (Wildman–Crippen LogP) is 1.46. The summed E-state index contributed by atoms with van der Waals surface area (Å²) in [5, 5.41) is 2.71. The van der Waals surface area contributed by atoms with Gasteiger partial charge in [-0.2, -0.15) is 0 Å². The van der Waals surface area contributed by atoms with Crippen LogP contribution in [0.4, 0.5) is 5.69 Å². The van der Waals surface area contributed by atoms with Crippen LogP contribution in [0.15, 0.2) is 51.0 Å². The highest BCUT2D eigenvalue weighted by molar-refractivity contribution is 7.98. The van der Waals surface area contributed by atoms with Crippen molar-refractivity contribution in [3.63, 3.8) is 0 Å². The van der Waals surface area contributed by atoms with E-state index in [-0.39, 0.29) is 11.5 Å². The molecule has 0 bridgehead atoms. The van der Waals surface area contributed by atoms with Crippen LogP contribution in [-0.2, 0) is 18.9 Å². The maximum absolute atomic E-state index is 11.9. The van der Waals surface area contributed by atoms with Crippen LogP contribution in [0.25, 0.3) is 6.08 Å². The number of carbonyl (C=O) groups is 1. The number of rotatable bonds is 4. The third-order valence-electron chi connectivity index (χ3n) is 3.24. The number of hydrogen-bond acceptors (Lipinski definition) is 4. The van der Waals surface area contributed by atoms with Crippen molar-refractivity contribution in [1.29, 1.82) is 0 Å². The minimum Gasteiger partial charge on any atom is -0.323 e. The van der Waals surface area contributed by atoms with E-state index in [0.29, 0.717) is 5.69 Å². The SMILES string of the molecule is CSc1ccc(NC(=O)/C=C/c2cn(C)c(=O)n(C)c2=O)cc1. The van der Waals surface area contributed by atoms with E-state index in [1.807, 2.05) is 30.5 Å². The number of benzene rings is 1. The van der Waals surface area contributed by atoms with Crippen LogP contribution < -0.4 is 16.6 Å². The van der Waals surface area contributed by atoms with Crippen LogP contribution in [0.5, 0.6) is 0 Å². The minimum absolute atomic E-state index is 0.266. The molecule has 0 saturated heterocycles. The van der Waals surface area contributed by atoms with Crippen LogP contribution in [-0.4, -0.2) is 21.3 Å². The maximum atomic E-state index is 11.9. The van der Waals surface area contributed by atoms with Crippen molar-refractivity contribution >= 4 is 29.4 Å². The fourth-order valence-electron chi connectivity index (χ4n) is 1.97. The van der Waals surface area contributed by atoms with Gasteiger partial charge in [-0.3, -0.25) is 14.2 Å². The summed E-state index contributed by atoms with van der Waals surface area (Å²) >= 11 is 1.62. The second-order valence-corrected chi connectivity index (χ2v) is 5.77. The Labute approximate surface area is 137 Å². The van der Waals surface area contributed by atoms with Gasteiger partial charge in [0.1, 0.15) is 0 Å². The zero-order valence-electron chi connectivity index (χ0n) is 13.1. The molecule has 1 amide bonds. The Morgan fingerprint density at radius 3 is 2.43 bits per heavy atom. The molecule has 2 rings (SSSR count). The highest BCUT2D eigenvalue weighted by Gasteiger charge is 2.05. The average Bonchev–Trinajstić information content (AvgIpc) is 2.55. The molecule has 0 unspecified atom stereocenters. The van der Waals surface area contributed by atoms with Gasteiger partial charge >= 0.3 is 5.69 Å². The monoisotopic (exact) mass is 331 g/mol. The lowest BCUT2D eigenvalue weighted by Gasteiger charge is -2.04. The summed E-state index contributed by atoms with van der Waals surface area (Å²) < 4.78 is 2.29. The molecule has 0 fully saturated rings. The molecule has 7 heteroatoms. The third-order valence-corrected chi connectivity index (χ3v) is 3.99. The summed E-state index contributed by atoms with van der Waals surface area (Å²) in [4.78, 5) is 36.6. The summed E-state index contributed by atoms with van der Waals surface area (Å²) in [6, 6.07) is 7.44. The van der Waals surface area contributed by atoms with Crippen LogP contribution >= 0.6 is 11.8 Å². The molecule has 0 aliphatic heterocycles. The summed E-state index contributed by atoms with van der Waals surface area (Å²) in [5.41, 5.74) is 0.0836. The van der Waals surface area contributed by atoms with Crippen LogP contribution in [0, 0.1) is 0 Å². The molecule has 1 aromatic heterocycles. The van der Waals surface area contributed by atoms with Gasteiger partial charge in [-0.25, -0.2) is 4.79 Å². The quantitative estimate of drug-likeness (QED) is 0.680. The molecule has 1 N–H and O–H groups in total. The van der Waals surface area contributed by atoms with Crippen molar-refractivity contribution in [2.24, 2.45) is 14.1 Å². The summed E-state index contributed by atoms with van der Waals surface area (Å²) in [6.07, 6.45) is 6.04. The zero-order chi connectivity index (χ0) is 17.0. The highest BCUT2D eigenvalue weighted by Crippen LogP contribution is 2.17.